The van der Waals surface area contributed by atoms with Gasteiger partial charge in [-0.25, -0.2) is 4.39 Å². The zero-order valence-corrected chi connectivity index (χ0v) is 10.8. The molecule has 3 N–H and O–H groups in total. The molecule has 0 fully saturated rings. The second kappa shape index (κ2) is 6.36. The fourth-order valence-electron chi connectivity index (χ4n) is 1.89. The third-order valence-corrected chi connectivity index (χ3v) is 3.04. The summed E-state index contributed by atoms with van der Waals surface area (Å²) in [6.45, 7) is 2.08. The molecule has 5 heteroatoms. The van der Waals surface area contributed by atoms with Gasteiger partial charge in [0.25, 0.3) is 0 Å². The first-order valence-corrected chi connectivity index (χ1v) is 6.23. The molecule has 0 aliphatic rings. The summed E-state index contributed by atoms with van der Waals surface area (Å²) in [4.78, 5) is 8.21. The topological polar surface area (TPSA) is 63.8 Å². The van der Waals surface area contributed by atoms with Crippen LogP contribution in [0.25, 0.3) is 0 Å². The van der Waals surface area contributed by atoms with Crippen LogP contribution in [0.2, 0.25) is 0 Å². The highest BCUT2D eigenvalue weighted by Gasteiger charge is 2.12. The Balaban J connectivity index is 2.14. The van der Waals surface area contributed by atoms with Gasteiger partial charge < -0.3 is 0 Å². The molecular weight excluding hydrogens is 243 g/mol. The minimum Gasteiger partial charge on any atom is -0.271 e. The Labute approximate surface area is 111 Å². The molecule has 2 heterocycles. The zero-order chi connectivity index (χ0) is 13.7. The molecule has 0 saturated heterocycles. The Morgan fingerprint density at radius 2 is 2.16 bits per heavy atom. The van der Waals surface area contributed by atoms with Crippen LogP contribution in [0.15, 0.2) is 36.8 Å². The number of nitrogens with two attached hydrogens (primary N) is 1. The Bertz CT molecular complexity index is 527. The van der Waals surface area contributed by atoms with E-state index in [1.807, 2.05) is 18.3 Å². The SMILES string of the molecule is CCc1ccc(CC(NN)c2cncc(F)c2)nc1. The highest BCUT2D eigenvalue weighted by Crippen LogP contribution is 2.17. The van der Waals surface area contributed by atoms with Gasteiger partial charge in [-0.05, 0) is 29.7 Å². The Hall–Kier alpha value is -1.85. The average Bonchev–Trinajstić information content (AvgIpc) is 2.45. The van der Waals surface area contributed by atoms with E-state index in [1.165, 1.54) is 17.8 Å². The number of halogens is 1. The van der Waals surface area contributed by atoms with Gasteiger partial charge in [0.2, 0.25) is 0 Å². The first-order valence-electron chi connectivity index (χ1n) is 6.23. The van der Waals surface area contributed by atoms with Gasteiger partial charge in [0, 0.05) is 24.5 Å². The number of hydrazine groups is 1. The Morgan fingerprint density at radius 1 is 1.32 bits per heavy atom. The monoisotopic (exact) mass is 260 g/mol. The van der Waals surface area contributed by atoms with E-state index in [0.29, 0.717) is 12.0 Å². The van der Waals surface area contributed by atoms with Crippen molar-refractivity contribution in [3.05, 3.63) is 59.4 Å². The summed E-state index contributed by atoms with van der Waals surface area (Å²) in [7, 11) is 0. The molecule has 4 nitrogen and oxygen atoms in total. The molecule has 0 spiro atoms. The molecule has 0 aliphatic carbocycles. The highest BCUT2D eigenvalue weighted by atomic mass is 19.1. The van der Waals surface area contributed by atoms with E-state index in [-0.39, 0.29) is 11.9 Å². The van der Waals surface area contributed by atoms with Gasteiger partial charge in [-0.3, -0.25) is 21.2 Å². The van der Waals surface area contributed by atoms with Crippen LogP contribution < -0.4 is 11.3 Å². The molecule has 1 unspecified atom stereocenters. The molecule has 0 aliphatic heterocycles. The van der Waals surface area contributed by atoms with Gasteiger partial charge in [0.15, 0.2) is 0 Å². The molecule has 0 amide bonds. The van der Waals surface area contributed by atoms with Crippen LogP contribution in [0, 0.1) is 5.82 Å². The van der Waals surface area contributed by atoms with E-state index in [2.05, 4.69) is 22.3 Å². The smallest absolute Gasteiger partial charge is 0.141 e. The fourth-order valence-corrected chi connectivity index (χ4v) is 1.89. The molecule has 0 aromatic carbocycles. The molecular formula is C14H17FN4. The number of aromatic nitrogens is 2. The van der Waals surface area contributed by atoms with Crippen molar-refractivity contribution in [3.8, 4) is 0 Å². The van der Waals surface area contributed by atoms with Crippen molar-refractivity contribution in [1.82, 2.24) is 15.4 Å². The highest BCUT2D eigenvalue weighted by molar-refractivity contribution is 5.20. The molecule has 0 bridgehead atoms. The standard InChI is InChI=1S/C14H17FN4/c1-2-10-3-4-13(18-7-10)6-14(19-16)11-5-12(15)9-17-8-11/h3-5,7-9,14,19H,2,6,16H2,1H3. The molecule has 19 heavy (non-hydrogen) atoms. The van der Waals surface area contributed by atoms with E-state index in [0.717, 1.165) is 12.1 Å². The van der Waals surface area contributed by atoms with E-state index in [9.17, 15) is 4.39 Å². The van der Waals surface area contributed by atoms with Crippen molar-refractivity contribution < 1.29 is 4.39 Å². The number of nitrogens with zero attached hydrogens (tertiary/aromatic N) is 2. The van der Waals surface area contributed by atoms with Gasteiger partial charge in [-0.2, -0.15) is 0 Å². The summed E-state index contributed by atoms with van der Waals surface area (Å²) in [6.07, 6.45) is 6.18. The third-order valence-electron chi connectivity index (χ3n) is 3.04. The van der Waals surface area contributed by atoms with Gasteiger partial charge in [-0.15, -0.1) is 0 Å². The summed E-state index contributed by atoms with van der Waals surface area (Å²) in [5.41, 5.74) is 5.48. The van der Waals surface area contributed by atoms with E-state index in [4.69, 9.17) is 5.84 Å². The number of nitrogens with one attached hydrogen (secondary N) is 1. The van der Waals surface area contributed by atoms with Crippen LogP contribution in [-0.2, 0) is 12.8 Å². The van der Waals surface area contributed by atoms with Gasteiger partial charge >= 0.3 is 0 Å². The minimum atomic E-state index is -0.368. The quantitative estimate of drug-likeness (QED) is 0.637. The van der Waals surface area contributed by atoms with Gasteiger partial charge in [-0.1, -0.05) is 13.0 Å². The fraction of sp³-hybridized carbons (Fsp3) is 0.286. The lowest BCUT2D eigenvalue weighted by atomic mass is 10.0. The van der Waals surface area contributed by atoms with Gasteiger partial charge in [0.05, 0.1) is 12.2 Å². The summed E-state index contributed by atoms with van der Waals surface area (Å²) in [5, 5.41) is 0. The van der Waals surface area contributed by atoms with Crippen LogP contribution in [0.4, 0.5) is 4.39 Å². The lowest BCUT2D eigenvalue weighted by Gasteiger charge is -2.15. The van der Waals surface area contributed by atoms with Crippen LogP contribution in [0.1, 0.15) is 29.8 Å². The Kier molecular flexibility index (Phi) is 4.54. The molecule has 0 radical (unpaired) electrons. The van der Waals surface area contributed by atoms with E-state index in [1.54, 1.807) is 6.20 Å². The summed E-state index contributed by atoms with van der Waals surface area (Å²) >= 11 is 0. The predicted octanol–water partition coefficient (Wildman–Crippen LogP) is 1.93. The third kappa shape index (κ3) is 3.56. The molecule has 0 saturated carbocycles. The number of pyridine rings is 2. The van der Waals surface area contributed by atoms with Crippen molar-refractivity contribution in [2.45, 2.75) is 25.8 Å². The maximum absolute atomic E-state index is 13.2. The largest absolute Gasteiger partial charge is 0.271 e. The number of aryl methyl sites for hydroxylation is 1. The lowest BCUT2D eigenvalue weighted by molar-refractivity contribution is 0.535. The molecule has 100 valence electrons. The van der Waals surface area contributed by atoms with E-state index >= 15 is 0 Å². The first kappa shape index (κ1) is 13.6. The first-order chi connectivity index (χ1) is 9.22. The van der Waals surface area contributed by atoms with Crippen LogP contribution >= 0.6 is 0 Å². The summed E-state index contributed by atoms with van der Waals surface area (Å²) < 4.78 is 13.2. The molecule has 2 aromatic heterocycles. The van der Waals surface area contributed by atoms with Gasteiger partial charge in [0.1, 0.15) is 5.82 Å². The normalized spacial score (nSPS) is 12.4. The minimum absolute atomic E-state index is 0.205. The predicted molar refractivity (Wildman–Crippen MR) is 71.6 cm³/mol. The summed E-state index contributed by atoms with van der Waals surface area (Å²) in [5.74, 6) is 5.16. The van der Waals surface area contributed by atoms with Crippen molar-refractivity contribution in [3.63, 3.8) is 0 Å². The van der Waals surface area contributed by atoms with E-state index < -0.39 is 0 Å². The second-order valence-corrected chi connectivity index (χ2v) is 4.37. The molecule has 1 atom stereocenters. The second-order valence-electron chi connectivity index (χ2n) is 4.37. The Morgan fingerprint density at radius 3 is 2.74 bits per heavy atom. The van der Waals surface area contributed by atoms with Crippen molar-refractivity contribution in [2.24, 2.45) is 5.84 Å². The maximum atomic E-state index is 13.2. The summed E-state index contributed by atoms with van der Waals surface area (Å²) in [6, 6.07) is 5.23. The lowest BCUT2D eigenvalue weighted by Crippen LogP contribution is -2.30. The van der Waals surface area contributed by atoms with Crippen LogP contribution in [0.3, 0.4) is 0 Å². The average molecular weight is 260 g/mol. The number of rotatable bonds is 5. The van der Waals surface area contributed by atoms with Crippen molar-refractivity contribution in [2.75, 3.05) is 0 Å². The van der Waals surface area contributed by atoms with Crippen LogP contribution in [-0.4, -0.2) is 9.97 Å². The molecule has 2 aromatic rings. The van der Waals surface area contributed by atoms with Crippen molar-refractivity contribution >= 4 is 0 Å². The zero-order valence-electron chi connectivity index (χ0n) is 10.8. The van der Waals surface area contributed by atoms with Crippen LogP contribution in [0.5, 0.6) is 0 Å². The number of hydrogen-bond donors (Lipinski definition) is 2. The number of hydrogen-bond acceptors (Lipinski definition) is 4. The maximum Gasteiger partial charge on any atom is 0.141 e. The van der Waals surface area contributed by atoms with Crippen molar-refractivity contribution in [1.29, 1.82) is 0 Å². The molecule has 2 rings (SSSR count).